The molecule has 56 valence electrons. The fourth-order valence-corrected chi connectivity index (χ4v) is 0.515. The van der Waals surface area contributed by atoms with E-state index in [1.807, 2.05) is 38.2 Å². The maximum Gasteiger partial charge on any atom is 0.0267 e. The van der Waals surface area contributed by atoms with Gasteiger partial charge in [0.25, 0.3) is 0 Å². The van der Waals surface area contributed by atoms with Gasteiger partial charge in [0.05, 0.1) is 0 Å². The highest BCUT2D eigenvalue weighted by Gasteiger charge is 1.74. The Labute approximate surface area is 62.9 Å². The molecule has 0 fully saturated rings. The van der Waals surface area contributed by atoms with E-state index >= 15 is 0 Å². The Morgan fingerprint density at radius 3 is 2.50 bits per heavy atom. The Bertz CT molecular complexity index is 152. The average Bonchev–Trinajstić information content (AvgIpc) is 1.98. The minimum atomic E-state index is 0.824. The van der Waals surface area contributed by atoms with E-state index in [4.69, 9.17) is 5.73 Å². The minimum Gasteiger partial charge on any atom is -0.399 e. The molecule has 0 spiro atoms. The van der Waals surface area contributed by atoms with Crippen molar-refractivity contribution in [2.24, 2.45) is 5.73 Å². The SMILES string of the molecule is C/C=C\C/C=C\C(N)=C/C. The molecule has 0 saturated carbocycles. The van der Waals surface area contributed by atoms with Crippen LogP contribution in [0.5, 0.6) is 0 Å². The van der Waals surface area contributed by atoms with Crippen molar-refractivity contribution in [1.29, 1.82) is 0 Å². The van der Waals surface area contributed by atoms with Gasteiger partial charge in [-0.05, 0) is 26.3 Å². The normalized spacial score (nSPS) is 13.6. The summed E-state index contributed by atoms with van der Waals surface area (Å²) in [7, 11) is 0. The van der Waals surface area contributed by atoms with Crippen molar-refractivity contribution in [2.75, 3.05) is 0 Å². The van der Waals surface area contributed by atoms with Crippen LogP contribution in [0.15, 0.2) is 36.1 Å². The Morgan fingerprint density at radius 1 is 1.30 bits per heavy atom. The van der Waals surface area contributed by atoms with Crippen molar-refractivity contribution in [3.63, 3.8) is 0 Å². The van der Waals surface area contributed by atoms with E-state index in [9.17, 15) is 0 Å². The van der Waals surface area contributed by atoms with E-state index in [0.29, 0.717) is 0 Å². The van der Waals surface area contributed by atoms with Gasteiger partial charge in [0, 0.05) is 5.70 Å². The first-order valence-electron chi connectivity index (χ1n) is 3.50. The number of rotatable bonds is 3. The highest BCUT2D eigenvalue weighted by Crippen LogP contribution is 1.90. The van der Waals surface area contributed by atoms with Crippen LogP contribution in [-0.2, 0) is 0 Å². The molecule has 2 N–H and O–H groups in total. The first-order chi connectivity index (χ1) is 4.81. The van der Waals surface area contributed by atoms with Gasteiger partial charge in [0.15, 0.2) is 0 Å². The van der Waals surface area contributed by atoms with Crippen molar-refractivity contribution in [3.05, 3.63) is 36.1 Å². The van der Waals surface area contributed by atoms with Gasteiger partial charge in [-0.3, -0.25) is 0 Å². The standard InChI is InChI=1S/C9H15N/c1-3-5-6-7-8-9(10)4-2/h3-5,7-8H,6,10H2,1-2H3/b5-3-,8-7-,9-4+. The van der Waals surface area contributed by atoms with Crippen LogP contribution in [-0.4, -0.2) is 0 Å². The number of allylic oxidation sites excluding steroid dienone is 5. The van der Waals surface area contributed by atoms with E-state index in [2.05, 4.69) is 6.08 Å². The molecule has 0 amide bonds. The summed E-state index contributed by atoms with van der Waals surface area (Å²) in [4.78, 5) is 0. The molecule has 0 aromatic heterocycles. The summed E-state index contributed by atoms with van der Waals surface area (Å²) in [5.41, 5.74) is 6.33. The highest BCUT2D eigenvalue weighted by atomic mass is 14.5. The summed E-state index contributed by atoms with van der Waals surface area (Å²) >= 11 is 0. The first-order valence-corrected chi connectivity index (χ1v) is 3.50. The molecule has 0 saturated heterocycles. The number of hydrogen-bond acceptors (Lipinski definition) is 1. The second kappa shape index (κ2) is 6.14. The summed E-state index contributed by atoms with van der Waals surface area (Å²) in [6.07, 6.45) is 10.9. The third-order valence-corrected chi connectivity index (χ3v) is 1.15. The summed E-state index contributed by atoms with van der Waals surface area (Å²) in [5, 5.41) is 0. The molecule has 10 heavy (non-hydrogen) atoms. The molecule has 1 nitrogen and oxygen atoms in total. The maximum atomic E-state index is 5.51. The van der Waals surface area contributed by atoms with Crippen LogP contribution in [0.3, 0.4) is 0 Å². The van der Waals surface area contributed by atoms with Gasteiger partial charge in [-0.2, -0.15) is 0 Å². The van der Waals surface area contributed by atoms with Crippen molar-refractivity contribution in [2.45, 2.75) is 20.3 Å². The van der Waals surface area contributed by atoms with Crippen LogP contribution in [0.4, 0.5) is 0 Å². The van der Waals surface area contributed by atoms with Crippen molar-refractivity contribution in [1.82, 2.24) is 0 Å². The lowest BCUT2D eigenvalue weighted by atomic mass is 10.3. The summed E-state index contributed by atoms with van der Waals surface area (Å²) in [6, 6.07) is 0. The van der Waals surface area contributed by atoms with Gasteiger partial charge >= 0.3 is 0 Å². The summed E-state index contributed by atoms with van der Waals surface area (Å²) in [6.45, 7) is 3.93. The van der Waals surface area contributed by atoms with Crippen molar-refractivity contribution >= 4 is 0 Å². The average molecular weight is 137 g/mol. The van der Waals surface area contributed by atoms with Gasteiger partial charge in [0.1, 0.15) is 0 Å². The molecule has 0 heterocycles. The minimum absolute atomic E-state index is 0.824. The largest absolute Gasteiger partial charge is 0.399 e. The van der Waals surface area contributed by atoms with E-state index in [0.717, 1.165) is 12.1 Å². The quantitative estimate of drug-likeness (QED) is 0.469. The van der Waals surface area contributed by atoms with Crippen LogP contribution >= 0.6 is 0 Å². The predicted molar refractivity (Wildman–Crippen MR) is 46.5 cm³/mol. The second-order valence-electron chi connectivity index (χ2n) is 2.00. The van der Waals surface area contributed by atoms with Gasteiger partial charge in [-0.25, -0.2) is 0 Å². The maximum absolute atomic E-state index is 5.51. The van der Waals surface area contributed by atoms with Crippen molar-refractivity contribution in [3.8, 4) is 0 Å². The van der Waals surface area contributed by atoms with Crippen LogP contribution < -0.4 is 5.73 Å². The smallest absolute Gasteiger partial charge is 0.0267 e. The molecular formula is C9H15N. The molecule has 0 radical (unpaired) electrons. The zero-order chi connectivity index (χ0) is 7.82. The fourth-order valence-electron chi connectivity index (χ4n) is 0.515. The predicted octanol–water partition coefficient (Wildman–Crippen LogP) is 2.37. The zero-order valence-electron chi connectivity index (χ0n) is 6.67. The number of nitrogens with two attached hydrogens (primary N) is 1. The summed E-state index contributed by atoms with van der Waals surface area (Å²) in [5.74, 6) is 0. The van der Waals surface area contributed by atoms with E-state index in [-0.39, 0.29) is 0 Å². The molecule has 1 heteroatoms. The molecule has 0 aromatic carbocycles. The lowest BCUT2D eigenvalue weighted by Crippen LogP contribution is -1.90. The lowest BCUT2D eigenvalue weighted by molar-refractivity contribution is 1.33. The third kappa shape index (κ3) is 5.16. The van der Waals surface area contributed by atoms with Gasteiger partial charge in [-0.1, -0.05) is 24.3 Å². The molecule has 0 atom stereocenters. The Hall–Kier alpha value is -0.980. The Kier molecular flexibility index (Phi) is 5.54. The molecule has 0 aliphatic rings. The van der Waals surface area contributed by atoms with Crippen LogP contribution in [0, 0.1) is 0 Å². The Balaban J connectivity index is 3.56. The van der Waals surface area contributed by atoms with Crippen molar-refractivity contribution < 1.29 is 0 Å². The van der Waals surface area contributed by atoms with Crippen LogP contribution in [0.1, 0.15) is 20.3 Å². The molecule has 0 bridgehead atoms. The van der Waals surface area contributed by atoms with E-state index in [1.54, 1.807) is 0 Å². The lowest BCUT2D eigenvalue weighted by Gasteiger charge is -1.86. The fraction of sp³-hybridized carbons (Fsp3) is 0.333. The number of hydrogen-bond donors (Lipinski definition) is 1. The molecule has 0 aromatic rings. The topological polar surface area (TPSA) is 26.0 Å². The zero-order valence-corrected chi connectivity index (χ0v) is 6.67. The van der Waals surface area contributed by atoms with Crippen LogP contribution in [0.2, 0.25) is 0 Å². The monoisotopic (exact) mass is 137 g/mol. The molecule has 0 unspecified atom stereocenters. The third-order valence-electron chi connectivity index (χ3n) is 1.15. The van der Waals surface area contributed by atoms with E-state index in [1.165, 1.54) is 0 Å². The summed E-state index contributed by atoms with van der Waals surface area (Å²) < 4.78 is 0. The van der Waals surface area contributed by atoms with Crippen LogP contribution in [0.25, 0.3) is 0 Å². The highest BCUT2D eigenvalue weighted by molar-refractivity contribution is 5.14. The van der Waals surface area contributed by atoms with E-state index < -0.39 is 0 Å². The first kappa shape index (κ1) is 9.02. The van der Waals surface area contributed by atoms with Gasteiger partial charge in [-0.15, -0.1) is 0 Å². The molecular weight excluding hydrogens is 122 g/mol. The molecule has 0 aliphatic heterocycles. The Morgan fingerprint density at radius 2 is 2.00 bits per heavy atom. The molecule has 0 aliphatic carbocycles. The second-order valence-corrected chi connectivity index (χ2v) is 2.00. The van der Waals surface area contributed by atoms with Gasteiger partial charge in [0.2, 0.25) is 0 Å². The molecule has 0 rings (SSSR count). The van der Waals surface area contributed by atoms with Gasteiger partial charge < -0.3 is 5.73 Å².